The van der Waals surface area contributed by atoms with Crippen LogP contribution < -0.4 is 20.1 Å². The molecule has 2 aromatic carbocycles. The molecular weight excluding hydrogens is 446 g/mol. The van der Waals surface area contributed by atoms with Gasteiger partial charge in [0.2, 0.25) is 15.9 Å². The Kier molecular flexibility index (Phi) is 8.61. The third kappa shape index (κ3) is 8.24. The highest BCUT2D eigenvalue weighted by Crippen LogP contribution is 2.28. The van der Waals surface area contributed by atoms with Gasteiger partial charge in [0.1, 0.15) is 11.4 Å². The maximum absolute atomic E-state index is 12.3. The van der Waals surface area contributed by atoms with Gasteiger partial charge in [0.15, 0.2) is 0 Å². The van der Waals surface area contributed by atoms with Gasteiger partial charge in [0.25, 0.3) is 0 Å². The molecule has 0 aliphatic heterocycles. The van der Waals surface area contributed by atoms with E-state index in [9.17, 15) is 18.0 Å². The molecule has 0 aromatic heterocycles. The van der Waals surface area contributed by atoms with Crippen LogP contribution in [0, 0.1) is 0 Å². The van der Waals surface area contributed by atoms with Gasteiger partial charge in [-0.1, -0.05) is 19.1 Å². The van der Waals surface area contributed by atoms with Crippen molar-refractivity contribution in [2.45, 2.75) is 38.2 Å². The van der Waals surface area contributed by atoms with E-state index in [1.807, 2.05) is 0 Å². The largest absolute Gasteiger partial charge is 0.495 e. The zero-order chi connectivity index (χ0) is 24.6. The highest BCUT2D eigenvalue weighted by molar-refractivity contribution is 7.89. The molecule has 178 valence electrons. The average molecular weight is 476 g/mol. The van der Waals surface area contributed by atoms with E-state index in [0.717, 1.165) is 0 Å². The normalized spacial score (nSPS) is 11.8. The molecular formula is C23H29N3O6S. The Balaban J connectivity index is 2.07. The second-order valence-electron chi connectivity index (χ2n) is 7.93. The van der Waals surface area contributed by atoms with Crippen molar-refractivity contribution < 1.29 is 27.5 Å². The third-order valence-electron chi connectivity index (χ3n) is 4.05. The number of benzene rings is 2. The Morgan fingerprint density at radius 1 is 1.03 bits per heavy atom. The minimum Gasteiger partial charge on any atom is -0.495 e. The minimum absolute atomic E-state index is 0.147. The van der Waals surface area contributed by atoms with Gasteiger partial charge in [-0.25, -0.2) is 17.9 Å². The van der Waals surface area contributed by atoms with Crippen molar-refractivity contribution in [2.75, 3.05) is 24.3 Å². The van der Waals surface area contributed by atoms with E-state index in [0.29, 0.717) is 29.2 Å². The lowest BCUT2D eigenvalue weighted by Gasteiger charge is -2.20. The fourth-order valence-electron chi connectivity index (χ4n) is 2.68. The van der Waals surface area contributed by atoms with Crippen LogP contribution in [0.3, 0.4) is 0 Å². The molecule has 2 rings (SSSR count). The number of sulfonamides is 1. The summed E-state index contributed by atoms with van der Waals surface area (Å²) in [5, 5.41) is 5.30. The second kappa shape index (κ2) is 11.0. The molecule has 0 bridgehead atoms. The maximum Gasteiger partial charge on any atom is 0.412 e. The van der Waals surface area contributed by atoms with Crippen LogP contribution in [0.1, 0.15) is 33.3 Å². The van der Waals surface area contributed by atoms with Crippen molar-refractivity contribution >= 4 is 39.5 Å². The van der Waals surface area contributed by atoms with Crippen LogP contribution in [-0.4, -0.2) is 39.7 Å². The zero-order valence-electron chi connectivity index (χ0n) is 19.3. The van der Waals surface area contributed by atoms with Crippen molar-refractivity contribution in [1.82, 2.24) is 4.72 Å². The lowest BCUT2D eigenvalue weighted by molar-refractivity contribution is -0.111. The van der Waals surface area contributed by atoms with Crippen molar-refractivity contribution in [3.8, 4) is 5.75 Å². The van der Waals surface area contributed by atoms with Crippen LogP contribution in [0.4, 0.5) is 16.2 Å². The zero-order valence-corrected chi connectivity index (χ0v) is 20.1. The van der Waals surface area contributed by atoms with Gasteiger partial charge in [-0.05, 0) is 62.7 Å². The van der Waals surface area contributed by atoms with Gasteiger partial charge in [0, 0.05) is 18.3 Å². The molecule has 0 saturated heterocycles. The predicted molar refractivity (Wildman–Crippen MR) is 128 cm³/mol. The van der Waals surface area contributed by atoms with Gasteiger partial charge in [-0.15, -0.1) is 0 Å². The molecule has 2 aromatic rings. The summed E-state index contributed by atoms with van der Waals surface area (Å²) in [6.07, 6.45) is 2.23. The molecule has 0 aliphatic carbocycles. The molecule has 33 heavy (non-hydrogen) atoms. The monoisotopic (exact) mass is 475 g/mol. The Morgan fingerprint density at radius 3 is 2.27 bits per heavy atom. The first-order valence-corrected chi connectivity index (χ1v) is 11.7. The predicted octanol–water partition coefficient (Wildman–Crippen LogP) is 3.99. The molecule has 0 fully saturated rings. The van der Waals surface area contributed by atoms with Gasteiger partial charge >= 0.3 is 6.09 Å². The summed E-state index contributed by atoms with van der Waals surface area (Å²) in [6, 6.07) is 10.9. The van der Waals surface area contributed by atoms with Crippen molar-refractivity contribution in [3.05, 3.63) is 54.1 Å². The lowest BCUT2D eigenvalue weighted by atomic mass is 10.2. The summed E-state index contributed by atoms with van der Waals surface area (Å²) in [4.78, 5) is 24.6. The average Bonchev–Trinajstić information content (AvgIpc) is 2.71. The van der Waals surface area contributed by atoms with Crippen molar-refractivity contribution in [1.29, 1.82) is 0 Å². The first-order valence-electron chi connectivity index (χ1n) is 10.2. The number of hydrogen-bond donors (Lipinski definition) is 3. The first-order chi connectivity index (χ1) is 15.4. The van der Waals surface area contributed by atoms with E-state index in [1.54, 1.807) is 64.1 Å². The lowest BCUT2D eigenvalue weighted by Crippen LogP contribution is -2.27. The van der Waals surface area contributed by atoms with Crippen LogP contribution in [0.15, 0.2) is 53.4 Å². The number of nitrogens with one attached hydrogen (secondary N) is 3. The first kappa shape index (κ1) is 25.9. The number of hydrogen-bond acceptors (Lipinski definition) is 6. The topological polar surface area (TPSA) is 123 Å². The highest BCUT2D eigenvalue weighted by Gasteiger charge is 2.18. The van der Waals surface area contributed by atoms with Crippen molar-refractivity contribution in [2.24, 2.45) is 0 Å². The highest BCUT2D eigenvalue weighted by atomic mass is 32.2. The van der Waals surface area contributed by atoms with E-state index in [1.165, 1.54) is 25.3 Å². The van der Waals surface area contributed by atoms with E-state index >= 15 is 0 Å². The van der Waals surface area contributed by atoms with Crippen LogP contribution in [0.5, 0.6) is 5.75 Å². The SMILES string of the molecule is CCNS(=O)(=O)c1ccc(/C=C/C(=O)Nc2ccc(OC)c(NC(=O)OC(C)(C)C)c2)cc1. The Hall–Kier alpha value is -3.37. The number of methoxy groups -OCH3 is 1. The number of rotatable bonds is 8. The molecule has 0 spiro atoms. The van der Waals surface area contributed by atoms with Gasteiger partial charge in [0.05, 0.1) is 17.7 Å². The number of carbonyl (C=O) groups excluding carboxylic acids is 2. The second-order valence-corrected chi connectivity index (χ2v) is 9.70. The number of ether oxygens (including phenoxy) is 2. The molecule has 0 unspecified atom stereocenters. The molecule has 0 saturated carbocycles. The number of amides is 2. The van der Waals surface area contributed by atoms with E-state index in [2.05, 4.69) is 15.4 Å². The Bertz CT molecular complexity index is 1120. The molecule has 2 amide bonds. The molecule has 10 heteroatoms. The summed E-state index contributed by atoms with van der Waals surface area (Å²) in [5.74, 6) is -0.00487. The van der Waals surface area contributed by atoms with E-state index < -0.39 is 27.6 Å². The summed E-state index contributed by atoms with van der Waals surface area (Å²) in [5.41, 5.74) is 0.764. The number of anilines is 2. The minimum atomic E-state index is -3.53. The third-order valence-corrected chi connectivity index (χ3v) is 5.62. The standard InChI is InChI=1S/C23H29N3O6S/c1-6-24-33(29,30)18-11-7-16(8-12-18)9-14-21(27)25-17-10-13-20(31-5)19(15-17)26-22(28)32-23(2,3)4/h7-15,24H,6H2,1-5H3,(H,25,27)(H,26,28)/b14-9+. The van der Waals surface area contributed by atoms with Crippen LogP contribution >= 0.6 is 0 Å². The summed E-state index contributed by atoms with van der Waals surface area (Å²) < 4.78 is 36.9. The van der Waals surface area contributed by atoms with Crippen LogP contribution in [-0.2, 0) is 19.6 Å². The molecule has 0 radical (unpaired) electrons. The smallest absolute Gasteiger partial charge is 0.412 e. The number of carbonyl (C=O) groups is 2. The van der Waals surface area contributed by atoms with Gasteiger partial charge in [-0.2, -0.15) is 0 Å². The summed E-state index contributed by atoms with van der Waals surface area (Å²) >= 11 is 0. The van der Waals surface area contributed by atoms with Crippen LogP contribution in [0.2, 0.25) is 0 Å². The summed E-state index contributed by atoms with van der Waals surface area (Å²) in [7, 11) is -2.07. The Labute approximate surface area is 194 Å². The molecule has 9 nitrogen and oxygen atoms in total. The molecule has 3 N–H and O–H groups in total. The Morgan fingerprint density at radius 2 is 1.70 bits per heavy atom. The van der Waals surface area contributed by atoms with E-state index in [-0.39, 0.29) is 4.90 Å². The van der Waals surface area contributed by atoms with Crippen molar-refractivity contribution in [3.63, 3.8) is 0 Å². The van der Waals surface area contributed by atoms with E-state index in [4.69, 9.17) is 9.47 Å². The fourth-order valence-corrected chi connectivity index (χ4v) is 3.73. The fraction of sp³-hybridized carbons (Fsp3) is 0.304. The van der Waals surface area contributed by atoms with Gasteiger partial charge < -0.3 is 14.8 Å². The van der Waals surface area contributed by atoms with Crippen LogP contribution in [0.25, 0.3) is 6.08 Å². The molecule has 0 atom stereocenters. The molecule has 0 heterocycles. The quantitative estimate of drug-likeness (QED) is 0.496. The maximum atomic E-state index is 12.3. The summed E-state index contributed by atoms with van der Waals surface area (Å²) in [6.45, 7) is 7.25. The van der Waals surface area contributed by atoms with Gasteiger partial charge in [-0.3, -0.25) is 10.1 Å². The molecule has 0 aliphatic rings.